The highest BCUT2D eigenvalue weighted by Crippen LogP contribution is 2.24. The molecule has 0 saturated heterocycles. The maximum atomic E-state index is 10.8. The average molecular weight is 336 g/mol. The van der Waals surface area contributed by atoms with Gasteiger partial charge in [-0.3, -0.25) is 9.72 Å². The van der Waals surface area contributed by atoms with Crippen LogP contribution in [0.15, 0.2) is 47.3 Å². The molecule has 4 heterocycles. The Kier molecular flexibility index (Phi) is 3.38. The van der Waals surface area contributed by atoms with Crippen molar-refractivity contribution in [3.8, 4) is 11.4 Å². The van der Waals surface area contributed by atoms with Crippen LogP contribution in [-0.4, -0.2) is 35.4 Å². The number of carboxylic acid groups (broad SMARTS) is 1. The molecule has 0 saturated carbocycles. The third-order valence-corrected chi connectivity index (χ3v) is 3.54. The molecule has 0 unspecified atom stereocenters. The summed E-state index contributed by atoms with van der Waals surface area (Å²) in [7, 11) is 0. The van der Waals surface area contributed by atoms with Crippen LogP contribution in [-0.2, 0) is 0 Å². The summed E-state index contributed by atoms with van der Waals surface area (Å²) in [4.78, 5) is 27.7. The predicted octanol–water partition coefficient (Wildman–Crippen LogP) is 2.53. The Morgan fingerprint density at radius 3 is 2.92 bits per heavy atom. The monoisotopic (exact) mass is 336 g/mol. The molecule has 0 aliphatic carbocycles. The van der Waals surface area contributed by atoms with Gasteiger partial charge in [0.2, 0.25) is 11.7 Å². The van der Waals surface area contributed by atoms with E-state index in [9.17, 15) is 4.79 Å². The van der Waals surface area contributed by atoms with Gasteiger partial charge in [-0.1, -0.05) is 6.07 Å². The van der Waals surface area contributed by atoms with Gasteiger partial charge in [0.1, 0.15) is 5.65 Å². The van der Waals surface area contributed by atoms with Gasteiger partial charge in [-0.05, 0) is 25.1 Å². The Balaban J connectivity index is 1.71. The van der Waals surface area contributed by atoms with Crippen LogP contribution in [0.2, 0.25) is 0 Å². The van der Waals surface area contributed by atoms with Gasteiger partial charge in [-0.15, -0.1) is 0 Å². The maximum absolute atomic E-state index is 10.8. The predicted molar refractivity (Wildman–Crippen MR) is 87.7 cm³/mol. The largest absolute Gasteiger partial charge is 0.475 e. The summed E-state index contributed by atoms with van der Waals surface area (Å²) in [6, 6.07) is 7.52. The molecule has 2 N–H and O–H groups in total. The summed E-state index contributed by atoms with van der Waals surface area (Å²) in [5.74, 6) is -1.23. The number of nitrogens with zero attached hydrogens (tertiary/aromatic N) is 5. The molecule has 0 spiro atoms. The fourth-order valence-corrected chi connectivity index (χ4v) is 2.50. The molecular formula is C16H12N6O3. The van der Waals surface area contributed by atoms with Crippen LogP contribution in [0.3, 0.4) is 0 Å². The van der Waals surface area contributed by atoms with Gasteiger partial charge >= 0.3 is 12.0 Å². The Bertz CT molecular complexity index is 1080. The fourth-order valence-electron chi connectivity index (χ4n) is 2.50. The lowest BCUT2D eigenvalue weighted by atomic mass is 10.2. The standard InChI is InChI=1S/C16H12N6O3/c1-9-13(22-7-3-2-4-12(22)19-9)10-5-6-17-15(20-10)21-16-18-8-11(25-16)14(23)24/h2-8H,1H3,(H,23,24)(H,17,18,20,21). The van der Waals surface area contributed by atoms with E-state index in [1.165, 1.54) is 0 Å². The number of rotatable bonds is 4. The number of oxazole rings is 1. The van der Waals surface area contributed by atoms with Crippen molar-refractivity contribution in [3.05, 3.63) is 54.3 Å². The van der Waals surface area contributed by atoms with E-state index in [-0.39, 0.29) is 17.7 Å². The number of aromatic nitrogens is 5. The molecule has 0 fully saturated rings. The Labute approximate surface area is 141 Å². The van der Waals surface area contributed by atoms with Gasteiger partial charge < -0.3 is 9.52 Å². The van der Waals surface area contributed by atoms with Crippen molar-refractivity contribution in [3.63, 3.8) is 0 Å². The smallest absolute Gasteiger partial charge is 0.373 e. The van der Waals surface area contributed by atoms with Gasteiger partial charge in [-0.25, -0.2) is 24.7 Å². The van der Waals surface area contributed by atoms with Crippen molar-refractivity contribution in [1.82, 2.24) is 24.3 Å². The van der Waals surface area contributed by atoms with Crippen molar-refractivity contribution in [2.24, 2.45) is 0 Å². The molecule has 25 heavy (non-hydrogen) atoms. The molecule has 4 aromatic heterocycles. The van der Waals surface area contributed by atoms with Crippen LogP contribution in [0.25, 0.3) is 17.0 Å². The summed E-state index contributed by atoms with van der Waals surface area (Å²) in [6.07, 6.45) is 4.61. The van der Waals surface area contributed by atoms with E-state index in [0.717, 1.165) is 23.2 Å². The van der Waals surface area contributed by atoms with E-state index in [0.29, 0.717) is 5.69 Å². The summed E-state index contributed by atoms with van der Waals surface area (Å²) in [5, 5.41) is 11.6. The highest BCUT2D eigenvalue weighted by Gasteiger charge is 2.14. The highest BCUT2D eigenvalue weighted by atomic mass is 16.4. The molecular weight excluding hydrogens is 324 g/mol. The number of pyridine rings is 1. The van der Waals surface area contributed by atoms with E-state index in [1.54, 1.807) is 12.3 Å². The van der Waals surface area contributed by atoms with E-state index < -0.39 is 5.97 Å². The number of anilines is 2. The van der Waals surface area contributed by atoms with Gasteiger partial charge in [0, 0.05) is 12.4 Å². The first-order chi connectivity index (χ1) is 12.1. The molecule has 0 amide bonds. The molecule has 0 atom stereocenters. The number of fused-ring (bicyclic) bond motifs is 1. The third kappa shape index (κ3) is 2.67. The Morgan fingerprint density at radius 1 is 1.24 bits per heavy atom. The number of hydrogen-bond acceptors (Lipinski definition) is 7. The molecule has 0 aliphatic heterocycles. The number of aryl methyl sites for hydroxylation is 1. The fraction of sp³-hybridized carbons (Fsp3) is 0.0625. The lowest BCUT2D eigenvalue weighted by Crippen LogP contribution is -1.99. The molecule has 4 rings (SSSR count). The van der Waals surface area contributed by atoms with Crippen molar-refractivity contribution >= 4 is 23.6 Å². The van der Waals surface area contributed by atoms with Crippen LogP contribution in [0.1, 0.15) is 16.2 Å². The summed E-state index contributed by atoms with van der Waals surface area (Å²) in [6.45, 7) is 1.91. The molecule has 9 heteroatoms. The quantitative estimate of drug-likeness (QED) is 0.583. The average Bonchev–Trinajstić information content (AvgIpc) is 3.18. The first-order valence-corrected chi connectivity index (χ1v) is 7.35. The van der Waals surface area contributed by atoms with E-state index in [1.807, 2.05) is 35.7 Å². The molecule has 0 radical (unpaired) electrons. The van der Waals surface area contributed by atoms with Crippen LogP contribution >= 0.6 is 0 Å². The minimum Gasteiger partial charge on any atom is -0.475 e. The second-order valence-electron chi connectivity index (χ2n) is 5.20. The molecule has 0 aromatic carbocycles. The SMILES string of the molecule is Cc1nc2ccccn2c1-c1ccnc(Nc2ncc(C(=O)O)o2)n1. The van der Waals surface area contributed by atoms with Crippen LogP contribution in [0.4, 0.5) is 12.0 Å². The van der Waals surface area contributed by atoms with Crippen molar-refractivity contribution in [2.75, 3.05) is 5.32 Å². The molecule has 4 aromatic rings. The van der Waals surface area contributed by atoms with E-state index in [4.69, 9.17) is 9.52 Å². The maximum Gasteiger partial charge on any atom is 0.373 e. The van der Waals surface area contributed by atoms with Crippen molar-refractivity contribution < 1.29 is 14.3 Å². The normalized spacial score (nSPS) is 10.9. The van der Waals surface area contributed by atoms with E-state index in [2.05, 4.69) is 25.3 Å². The van der Waals surface area contributed by atoms with Gasteiger partial charge in [0.25, 0.3) is 0 Å². The topological polar surface area (TPSA) is 118 Å². The van der Waals surface area contributed by atoms with Crippen LogP contribution in [0, 0.1) is 6.92 Å². The van der Waals surface area contributed by atoms with Gasteiger partial charge in [-0.2, -0.15) is 0 Å². The number of imidazole rings is 1. The third-order valence-electron chi connectivity index (χ3n) is 3.54. The molecule has 0 bridgehead atoms. The van der Waals surface area contributed by atoms with Crippen LogP contribution < -0.4 is 5.32 Å². The zero-order valence-electron chi connectivity index (χ0n) is 13.0. The van der Waals surface area contributed by atoms with E-state index >= 15 is 0 Å². The Hall–Kier alpha value is -3.75. The lowest BCUT2D eigenvalue weighted by Gasteiger charge is -2.05. The number of carboxylic acids is 1. The number of carbonyl (C=O) groups is 1. The number of hydrogen-bond donors (Lipinski definition) is 2. The van der Waals surface area contributed by atoms with Crippen LogP contribution in [0.5, 0.6) is 0 Å². The minimum atomic E-state index is -1.20. The number of aromatic carboxylic acids is 1. The first-order valence-electron chi connectivity index (χ1n) is 7.35. The van der Waals surface area contributed by atoms with Gasteiger partial charge in [0.05, 0.1) is 23.3 Å². The molecule has 124 valence electrons. The zero-order chi connectivity index (χ0) is 17.4. The molecule has 0 aliphatic rings. The summed E-state index contributed by atoms with van der Waals surface area (Å²) < 4.78 is 6.99. The summed E-state index contributed by atoms with van der Waals surface area (Å²) in [5.41, 5.74) is 3.17. The van der Waals surface area contributed by atoms with Crippen molar-refractivity contribution in [2.45, 2.75) is 6.92 Å². The van der Waals surface area contributed by atoms with Gasteiger partial charge in [0.15, 0.2) is 0 Å². The zero-order valence-corrected chi connectivity index (χ0v) is 13.0. The van der Waals surface area contributed by atoms with Crippen molar-refractivity contribution in [1.29, 1.82) is 0 Å². The Morgan fingerprint density at radius 2 is 2.12 bits per heavy atom. The second kappa shape index (κ2) is 5.71. The highest BCUT2D eigenvalue weighted by molar-refractivity contribution is 5.84. The minimum absolute atomic E-state index is 0.00409. The second-order valence-corrected chi connectivity index (χ2v) is 5.20. The lowest BCUT2D eigenvalue weighted by molar-refractivity contribution is 0.0663. The number of nitrogens with one attached hydrogen (secondary N) is 1. The first kappa shape index (κ1) is 14.8. The summed E-state index contributed by atoms with van der Waals surface area (Å²) >= 11 is 0. The molecule has 9 nitrogen and oxygen atoms in total.